The number of aromatic nitrogens is 1. The van der Waals surface area contributed by atoms with Crippen molar-refractivity contribution in [3.63, 3.8) is 0 Å². The van der Waals surface area contributed by atoms with Gasteiger partial charge in [0, 0.05) is 24.0 Å². The Bertz CT molecular complexity index is 586. The maximum absolute atomic E-state index is 12.5. The van der Waals surface area contributed by atoms with Gasteiger partial charge in [0.1, 0.15) is 5.78 Å². The first-order chi connectivity index (χ1) is 9.21. The molecular weight excluding hydrogens is 236 g/mol. The fourth-order valence-electron chi connectivity index (χ4n) is 2.49. The lowest BCUT2D eigenvalue weighted by Crippen LogP contribution is -2.22. The number of Topliss-reactive ketones (excluding diaryl/α,β-unsaturated/α-hetero) is 1. The van der Waals surface area contributed by atoms with Crippen LogP contribution in [-0.4, -0.2) is 10.8 Å². The van der Waals surface area contributed by atoms with Crippen LogP contribution in [0.3, 0.4) is 0 Å². The van der Waals surface area contributed by atoms with E-state index in [4.69, 9.17) is 5.73 Å². The first-order valence-electron chi connectivity index (χ1n) is 6.50. The highest BCUT2D eigenvalue weighted by Crippen LogP contribution is 2.49. The Morgan fingerprint density at radius 3 is 2.47 bits per heavy atom. The van der Waals surface area contributed by atoms with E-state index in [9.17, 15) is 4.79 Å². The maximum atomic E-state index is 12.5. The molecule has 1 saturated carbocycles. The van der Waals surface area contributed by atoms with Crippen molar-refractivity contribution in [3.05, 3.63) is 59.9 Å². The lowest BCUT2D eigenvalue weighted by atomic mass is 9.89. The molecule has 1 aromatic carbocycles. The van der Waals surface area contributed by atoms with Gasteiger partial charge in [0.15, 0.2) is 0 Å². The number of benzene rings is 1. The van der Waals surface area contributed by atoms with Crippen molar-refractivity contribution in [2.24, 2.45) is 0 Å². The van der Waals surface area contributed by atoms with Gasteiger partial charge in [-0.3, -0.25) is 9.78 Å². The highest BCUT2D eigenvalue weighted by atomic mass is 16.1. The highest BCUT2D eigenvalue weighted by molar-refractivity contribution is 5.94. The van der Waals surface area contributed by atoms with Crippen LogP contribution in [0.2, 0.25) is 0 Å². The van der Waals surface area contributed by atoms with Crippen LogP contribution in [-0.2, 0) is 16.6 Å². The Morgan fingerprint density at radius 2 is 1.89 bits per heavy atom. The van der Waals surface area contributed by atoms with Gasteiger partial charge in [0.2, 0.25) is 0 Å². The molecule has 2 N–H and O–H groups in total. The number of ketones is 1. The summed E-state index contributed by atoms with van der Waals surface area (Å²) in [5, 5.41) is 0. The van der Waals surface area contributed by atoms with Crippen molar-refractivity contribution >= 4 is 11.5 Å². The van der Waals surface area contributed by atoms with E-state index in [1.165, 1.54) is 0 Å². The lowest BCUT2D eigenvalue weighted by Gasteiger charge is -2.14. The van der Waals surface area contributed by atoms with E-state index in [1.807, 2.05) is 42.5 Å². The number of hydrogen-bond donors (Lipinski definition) is 1. The molecule has 0 amide bonds. The van der Waals surface area contributed by atoms with Gasteiger partial charge in [0.25, 0.3) is 0 Å². The molecule has 1 fully saturated rings. The van der Waals surface area contributed by atoms with Gasteiger partial charge in [-0.05, 0) is 42.7 Å². The van der Waals surface area contributed by atoms with Crippen molar-refractivity contribution in [1.29, 1.82) is 0 Å². The SMILES string of the molecule is Nc1ccc(C2(C(=O)Cc3ccccn3)CC2)cc1. The van der Waals surface area contributed by atoms with Crippen molar-refractivity contribution in [3.8, 4) is 0 Å². The fraction of sp³-hybridized carbons (Fsp3) is 0.250. The largest absolute Gasteiger partial charge is 0.399 e. The molecule has 96 valence electrons. The number of carbonyl (C=O) groups excluding carboxylic acids is 1. The molecule has 0 bridgehead atoms. The number of hydrogen-bond acceptors (Lipinski definition) is 3. The van der Waals surface area contributed by atoms with Crippen LogP contribution in [0.25, 0.3) is 0 Å². The molecule has 0 atom stereocenters. The molecule has 0 radical (unpaired) electrons. The van der Waals surface area contributed by atoms with Crippen LogP contribution in [0.15, 0.2) is 48.7 Å². The van der Waals surface area contributed by atoms with Gasteiger partial charge in [-0.15, -0.1) is 0 Å². The third-order valence-corrected chi connectivity index (χ3v) is 3.81. The second-order valence-electron chi connectivity index (χ2n) is 5.13. The zero-order valence-electron chi connectivity index (χ0n) is 10.7. The molecular formula is C16H16N2O. The Hall–Kier alpha value is -2.16. The van der Waals surface area contributed by atoms with Crippen molar-refractivity contribution < 1.29 is 4.79 Å². The van der Waals surface area contributed by atoms with Crippen molar-refractivity contribution in [2.45, 2.75) is 24.7 Å². The van der Waals surface area contributed by atoms with Crippen LogP contribution in [0.5, 0.6) is 0 Å². The lowest BCUT2D eigenvalue weighted by molar-refractivity contribution is -0.120. The van der Waals surface area contributed by atoms with E-state index in [0.717, 1.165) is 29.8 Å². The summed E-state index contributed by atoms with van der Waals surface area (Å²) < 4.78 is 0. The molecule has 0 unspecified atom stereocenters. The Balaban J connectivity index is 1.81. The van der Waals surface area contributed by atoms with Gasteiger partial charge < -0.3 is 5.73 Å². The Kier molecular flexibility index (Phi) is 2.82. The fourth-order valence-corrected chi connectivity index (χ4v) is 2.49. The summed E-state index contributed by atoms with van der Waals surface area (Å²) in [5.74, 6) is 0.260. The standard InChI is InChI=1S/C16H16N2O/c17-13-6-4-12(5-7-13)16(8-9-16)15(19)11-14-3-1-2-10-18-14/h1-7,10H,8-9,11,17H2. The van der Waals surface area contributed by atoms with Gasteiger partial charge in [-0.25, -0.2) is 0 Å². The maximum Gasteiger partial charge on any atom is 0.149 e. The summed E-state index contributed by atoms with van der Waals surface area (Å²) in [6.07, 6.45) is 4.00. The topological polar surface area (TPSA) is 56.0 Å². The Labute approximate surface area is 112 Å². The van der Waals surface area contributed by atoms with Gasteiger partial charge >= 0.3 is 0 Å². The third kappa shape index (κ3) is 2.24. The van der Waals surface area contributed by atoms with Crippen LogP contribution < -0.4 is 5.73 Å². The molecule has 19 heavy (non-hydrogen) atoms. The molecule has 1 aromatic heterocycles. The van der Waals surface area contributed by atoms with Crippen LogP contribution in [0.4, 0.5) is 5.69 Å². The number of rotatable bonds is 4. The second kappa shape index (κ2) is 4.50. The number of pyridine rings is 1. The zero-order chi connectivity index (χ0) is 13.3. The summed E-state index contributed by atoms with van der Waals surface area (Å²) in [6, 6.07) is 13.3. The average Bonchev–Trinajstić information content (AvgIpc) is 3.22. The van der Waals surface area contributed by atoms with Crippen LogP contribution in [0.1, 0.15) is 24.1 Å². The van der Waals surface area contributed by atoms with E-state index >= 15 is 0 Å². The van der Waals surface area contributed by atoms with Crippen LogP contribution in [0, 0.1) is 0 Å². The Morgan fingerprint density at radius 1 is 1.16 bits per heavy atom. The van der Waals surface area contributed by atoms with E-state index < -0.39 is 0 Å². The molecule has 2 aromatic rings. The van der Waals surface area contributed by atoms with Gasteiger partial charge in [0.05, 0.1) is 5.41 Å². The first kappa shape index (κ1) is 11.9. The number of carbonyl (C=O) groups is 1. The van der Waals surface area contributed by atoms with E-state index in [-0.39, 0.29) is 11.2 Å². The molecule has 0 spiro atoms. The average molecular weight is 252 g/mol. The molecule has 1 aliphatic rings. The summed E-state index contributed by atoms with van der Waals surface area (Å²) in [6.45, 7) is 0. The molecule has 0 saturated heterocycles. The number of nitrogens with two attached hydrogens (primary N) is 1. The zero-order valence-corrected chi connectivity index (χ0v) is 10.7. The number of anilines is 1. The molecule has 3 heteroatoms. The van der Waals surface area contributed by atoms with Crippen molar-refractivity contribution in [2.75, 3.05) is 5.73 Å². The molecule has 0 aliphatic heterocycles. The minimum atomic E-state index is -0.286. The minimum absolute atomic E-state index is 0.260. The molecule has 3 rings (SSSR count). The monoisotopic (exact) mass is 252 g/mol. The summed E-state index contributed by atoms with van der Waals surface area (Å²) in [5.41, 5.74) is 8.07. The minimum Gasteiger partial charge on any atom is -0.399 e. The molecule has 1 aliphatic carbocycles. The first-order valence-corrected chi connectivity index (χ1v) is 6.50. The second-order valence-corrected chi connectivity index (χ2v) is 5.13. The number of nitrogens with zero attached hydrogens (tertiary/aromatic N) is 1. The third-order valence-electron chi connectivity index (χ3n) is 3.81. The number of nitrogen functional groups attached to an aromatic ring is 1. The smallest absolute Gasteiger partial charge is 0.149 e. The molecule has 3 nitrogen and oxygen atoms in total. The predicted molar refractivity (Wildman–Crippen MR) is 74.7 cm³/mol. The van der Waals surface area contributed by atoms with E-state index in [2.05, 4.69) is 4.98 Å². The summed E-state index contributed by atoms with van der Waals surface area (Å²) in [4.78, 5) is 16.7. The highest BCUT2D eigenvalue weighted by Gasteiger charge is 2.50. The van der Waals surface area contributed by atoms with Gasteiger partial charge in [-0.1, -0.05) is 18.2 Å². The van der Waals surface area contributed by atoms with Gasteiger partial charge in [-0.2, -0.15) is 0 Å². The van der Waals surface area contributed by atoms with Crippen LogP contribution >= 0.6 is 0 Å². The normalized spacial score (nSPS) is 16.0. The quantitative estimate of drug-likeness (QED) is 0.851. The molecule has 1 heterocycles. The van der Waals surface area contributed by atoms with Crippen molar-refractivity contribution in [1.82, 2.24) is 4.98 Å². The predicted octanol–water partition coefficient (Wildman–Crippen LogP) is 2.51. The van der Waals surface area contributed by atoms with E-state index in [1.54, 1.807) is 6.20 Å². The summed E-state index contributed by atoms with van der Waals surface area (Å²) in [7, 11) is 0. The van der Waals surface area contributed by atoms with E-state index in [0.29, 0.717) is 6.42 Å². The summed E-state index contributed by atoms with van der Waals surface area (Å²) >= 11 is 0.